The molecule has 95 heavy (non-hydrogen) atoms. The summed E-state index contributed by atoms with van der Waals surface area (Å²) in [4.78, 5) is 172. The maximum atomic E-state index is 15.4. The van der Waals surface area contributed by atoms with Crippen LogP contribution in [-0.4, -0.2) is 228 Å². The molecule has 6 rings (SSSR count). The van der Waals surface area contributed by atoms with Crippen molar-refractivity contribution in [2.75, 3.05) is 75.5 Å². The highest BCUT2D eigenvalue weighted by atomic mass is 35.5. The van der Waals surface area contributed by atoms with Crippen molar-refractivity contribution in [1.29, 1.82) is 0 Å². The Morgan fingerprint density at radius 3 is 1.83 bits per heavy atom. The fraction of sp³-hybridized carbons (Fsp3) is 0.667. The van der Waals surface area contributed by atoms with Gasteiger partial charge in [0, 0.05) is 74.8 Å². The zero-order valence-corrected chi connectivity index (χ0v) is 58.5. The van der Waals surface area contributed by atoms with Gasteiger partial charge < -0.3 is 55.1 Å². The zero-order valence-electron chi connectivity index (χ0n) is 57.7. The second kappa shape index (κ2) is 33.6. The maximum absolute atomic E-state index is 15.4. The zero-order chi connectivity index (χ0) is 70.6. The van der Waals surface area contributed by atoms with Crippen LogP contribution in [0.3, 0.4) is 0 Å². The van der Waals surface area contributed by atoms with Gasteiger partial charge in [0.15, 0.2) is 0 Å². The smallest absolute Gasteiger partial charge is 0.343 e. The number of carbonyl (C=O) groups is 11. The minimum absolute atomic E-state index is 0.0407. The molecule has 2 aromatic carbocycles. The molecule has 22 nitrogen and oxygen atoms in total. The van der Waals surface area contributed by atoms with Crippen molar-refractivity contribution in [3.05, 3.63) is 69.7 Å². The number of amides is 11. The SMILES string of the molecule is CC[C@H](C)[C@@H]1NC(=O)[C@H](CC(C)C)N(C)C(=O)C[C@@H](C)N(C)C(=O)[C@H](C2CCCCC2)N(C)C(=O)C2(CCCC2)NC(=O)[C@@H]2CCCN2C(=O)[C@H](CCc2ccc(C(F)(F)F)c(Cl)c2)NC(=O)CN(C)C(=O)[C@H](Cc2ccc(C)cc2)N(C)C(=O)CN(C)C(=O)CN(C)C1=O. The van der Waals surface area contributed by atoms with Gasteiger partial charge >= 0.3 is 6.18 Å². The lowest BCUT2D eigenvalue weighted by Gasteiger charge is -2.43. The first-order chi connectivity index (χ1) is 44.6. The Balaban J connectivity index is 1.40. The van der Waals surface area contributed by atoms with E-state index in [1.807, 2.05) is 39.8 Å². The Morgan fingerprint density at radius 2 is 1.23 bits per heavy atom. The van der Waals surface area contributed by atoms with Crippen molar-refractivity contribution in [2.45, 2.75) is 205 Å². The van der Waals surface area contributed by atoms with E-state index in [2.05, 4.69) is 16.0 Å². The number of alkyl halides is 3. The van der Waals surface area contributed by atoms with Crippen LogP contribution < -0.4 is 16.0 Å². The molecule has 2 heterocycles. The molecule has 2 aliphatic carbocycles. The van der Waals surface area contributed by atoms with Crippen LogP contribution in [0.15, 0.2) is 42.5 Å². The van der Waals surface area contributed by atoms with Crippen molar-refractivity contribution in [1.82, 2.24) is 55.1 Å². The molecule has 0 aromatic heterocycles. The Morgan fingerprint density at radius 1 is 0.632 bits per heavy atom. The molecule has 26 heteroatoms. The second-order valence-corrected chi connectivity index (χ2v) is 28.0. The molecule has 3 N–H and O–H groups in total. The van der Waals surface area contributed by atoms with E-state index in [1.165, 1.54) is 65.8 Å². The molecule has 0 radical (unpaired) electrons. The molecule has 4 aliphatic rings. The van der Waals surface area contributed by atoms with Gasteiger partial charge in [-0.05, 0) is 113 Å². The van der Waals surface area contributed by atoms with Gasteiger partial charge in [0.25, 0.3) is 0 Å². The van der Waals surface area contributed by atoms with E-state index in [4.69, 9.17) is 11.6 Å². The fourth-order valence-electron chi connectivity index (χ4n) is 13.6. The number of fused-ring (bicyclic) bond motifs is 1. The number of likely N-dealkylation sites (N-methyl/N-ethyl adjacent to an activating group) is 7. The number of nitrogens with one attached hydrogen (secondary N) is 3. The van der Waals surface area contributed by atoms with E-state index < -0.39 is 155 Å². The van der Waals surface area contributed by atoms with E-state index in [-0.39, 0.29) is 69.7 Å². The Hall–Kier alpha value is -7.31. The van der Waals surface area contributed by atoms with Gasteiger partial charge in [-0.2, -0.15) is 13.2 Å². The van der Waals surface area contributed by atoms with Crippen molar-refractivity contribution >= 4 is 76.6 Å². The largest absolute Gasteiger partial charge is 0.417 e. The minimum Gasteiger partial charge on any atom is -0.343 e. The van der Waals surface area contributed by atoms with Crippen LogP contribution in [0.2, 0.25) is 5.02 Å². The van der Waals surface area contributed by atoms with Gasteiger partial charge in [-0.3, -0.25) is 52.7 Å². The molecule has 1 spiro atoms. The Bertz CT molecular complexity index is 3100. The molecule has 2 aromatic rings. The molecular weight excluding hydrogens is 1250 g/mol. The van der Waals surface area contributed by atoms with Crippen LogP contribution >= 0.6 is 11.6 Å². The molecule has 11 amide bonds. The van der Waals surface area contributed by atoms with E-state index in [0.29, 0.717) is 49.7 Å². The van der Waals surface area contributed by atoms with Gasteiger partial charge in [0.05, 0.1) is 30.2 Å². The third-order valence-electron chi connectivity index (χ3n) is 20.0. The van der Waals surface area contributed by atoms with E-state index in [9.17, 15) is 51.5 Å². The lowest BCUT2D eigenvalue weighted by Crippen LogP contribution is -2.65. The predicted octanol–water partition coefficient (Wildman–Crippen LogP) is 6.01. The Kier molecular flexibility index (Phi) is 27.1. The van der Waals surface area contributed by atoms with Crippen molar-refractivity contribution in [3.8, 4) is 0 Å². The van der Waals surface area contributed by atoms with Crippen LogP contribution in [0.5, 0.6) is 0 Å². The van der Waals surface area contributed by atoms with Crippen LogP contribution in [0.25, 0.3) is 0 Å². The molecule has 2 aliphatic heterocycles. The molecule has 4 fully saturated rings. The topological polar surface area (TPSA) is 250 Å². The number of carbonyl (C=O) groups excluding carboxylic acids is 11. The summed E-state index contributed by atoms with van der Waals surface area (Å²) in [6.45, 7) is 9.32. The summed E-state index contributed by atoms with van der Waals surface area (Å²) >= 11 is 6.14. The highest BCUT2D eigenvalue weighted by Gasteiger charge is 2.51. The quantitative estimate of drug-likeness (QED) is 0.248. The summed E-state index contributed by atoms with van der Waals surface area (Å²) < 4.78 is 41.5. The number of benzene rings is 2. The van der Waals surface area contributed by atoms with Crippen molar-refractivity contribution in [3.63, 3.8) is 0 Å². The average molecular weight is 1350 g/mol. The number of hydrogen-bond donors (Lipinski definition) is 3. The number of hydrogen-bond acceptors (Lipinski definition) is 11. The van der Waals surface area contributed by atoms with E-state index in [0.717, 1.165) is 51.7 Å². The van der Waals surface area contributed by atoms with Gasteiger partial charge in [0.1, 0.15) is 41.8 Å². The van der Waals surface area contributed by atoms with Crippen LogP contribution in [0.1, 0.15) is 153 Å². The van der Waals surface area contributed by atoms with Crippen molar-refractivity contribution in [2.24, 2.45) is 17.8 Å². The molecule has 526 valence electrons. The van der Waals surface area contributed by atoms with Crippen LogP contribution in [0, 0.1) is 24.7 Å². The highest BCUT2D eigenvalue weighted by molar-refractivity contribution is 6.31. The first kappa shape index (κ1) is 76.7. The summed E-state index contributed by atoms with van der Waals surface area (Å²) in [5.41, 5.74) is -0.691. The first-order valence-corrected chi connectivity index (χ1v) is 33.9. The third-order valence-corrected chi connectivity index (χ3v) is 20.3. The monoisotopic (exact) mass is 1350 g/mol. The Labute approximate surface area is 563 Å². The van der Waals surface area contributed by atoms with Gasteiger partial charge in [0.2, 0.25) is 65.0 Å². The van der Waals surface area contributed by atoms with Gasteiger partial charge in [-0.25, -0.2) is 0 Å². The summed E-state index contributed by atoms with van der Waals surface area (Å²) in [6.07, 6.45) is 1.25. The summed E-state index contributed by atoms with van der Waals surface area (Å²) in [5, 5.41) is 8.15. The number of aryl methyl sites for hydroxylation is 2. The van der Waals surface area contributed by atoms with E-state index >= 15 is 14.4 Å². The molecule has 0 bridgehead atoms. The standard InChI is InChI=1S/C69H101ClF3N11O11/c1-14-44(5)59-65(93)79(9)40-57(87)77(7)41-58(88)82(12)54(38-47-26-24-43(4)25-27-47)64(92)78(8)39-55(85)74-51(31-29-46-28-30-49(50(70)37-46)69(71,72)73)63(91)84-34-20-23-52(84)62(90)76-68(32-18-19-33-68)67(95)83(13)60(48-21-16-15-17-22-48)66(94)80(10)45(6)36-56(86)81(11)53(35-42(2)3)61(89)75-59/h24-28,30,37,42,44-45,48,51-54,59-60H,14-23,29,31-36,38-41H2,1-13H3,(H,74,85)(H,75,89)(H,76,90)/t44-,45+,51-,52-,53-,54-,59-,60-/m0/s1. The lowest BCUT2D eigenvalue weighted by molar-refractivity contribution is -0.153. The van der Waals surface area contributed by atoms with Crippen LogP contribution in [-0.2, 0) is 71.8 Å². The van der Waals surface area contributed by atoms with Gasteiger partial charge in [-0.15, -0.1) is 0 Å². The van der Waals surface area contributed by atoms with Crippen molar-refractivity contribution < 1.29 is 65.9 Å². The molecule has 0 unspecified atom stereocenters. The first-order valence-electron chi connectivity index (χ1n) is 33.5. The van der Waals surface area contributed by atoms with Gasteiger partial charge in [-0.1, -0.05) is 114 Å². The molecule has 8 atom stereocenters. The summed E-state index contributed by atoms with van der Waals surface area (Å²) in [5.74, 6) is -7.62. The second-order valence-electron chi connectivity index (χ2n) is 27.6. The normalized spacial score (nSPS) is 25.6. The molecule has 2 saturated heterocycles. The minimum atomic E-state index is -4.75. The number of rotatable bonds is 10. The molecular formula is C69H101ClF3N11O11. The average Bonchev–Trinajstić information content (AvgIpc) is 1.76. The fourth-order valence-corrected chi connectivity index (χ4v) is 13.9. The maximum Gasteiger partial charge on any atom is 0.417 e. The number of nitrogens with zero attached hydrogens (tertiary/aromatic N) is 8. The van der Waals surface area contributed by atoms with Crippen LogP contribution in [0.4, 0.5) is 13.2 Å². The lowest BCUT2D eigenvalue weighted by atomic mass is 9.81. The van der Waals surface area contributed by atoms with E-state index in [1.54, 1.807) is 40.1 Å². The highest BCUT2D eigenvalue weighted by Crippen LogP contribution is 2.38. The third kappa shape index (κ3) is 19.5. The molecule has 2 saturated carbocycles. The number of halogens is 4. The summed E-state index contributed by atoms with van der Waals surface area (Å²) in [6, 6.07) is 2.57. The predicted molar refractivity (Wildman–Crippen MR) is 353 cm³/mol. The summed E-state index contributed by atoms with van der Waals surface area (Å²) in [7, 11) is 10.1.